The lowest BCUT2D eigenvalue weighted by molar-refractivity contribution is 0.625. The quantitative estimate of drug-likeness (QED) is 0.851. The first-order chi connectivity index (χ1) is 7.15. The number of rotatable bonds is 2. The molecule has 1 N–H and O–H groups in total. The van der Waals surface area contributed by atoms with Gasteiger partial charge in [0.15, 0.2) is 0 Å². The molecule has 0 bridgehead atoms. The highest BCUT2D eigenvalue weighted by Crippen LogP contribution is 2.29. The summed E-state index contributed by atoms with van der Waals surface area (Å²) in [5.74, 6) is 0.802. The second-order valence-electron chi connectivity index (χ2n) is 3.85. The first kappa shape index (κ1) is 11.1. The van der Waals surface area contributed by atoms with Crippen molar-refractivity contribution >= 4 is 29.1 Å². The second-order valence-corrected chi connectivity index (χ2v) is 5.75. The van der Waals surface area contributed by atoms with E-state index in [4.69, 9.17) is 11.6 Å². The lowest BCUT2D eigenvalue weighted by Crippen LogP contribution is -2.19. The van der Waals surface area contributed by atoms with Crippen LogP contribution < -0.4 is 5.32 Å². The maximum absolute atomic E-state index is 13.4. The van der Waals surface area contributed by atoms with Crippen LogP contribution in [0.2, 0.25) is 5.02 Å². The molecule has 15 heavy (non-hydrogen) atoms. The predicted molar refractivity (Wildman–Crippen MR) is 65.4 cm³/mol. The Balaban J connectivity index is 2.07. The molecule has 1 nitrogen and oxygen atoms in total. The Morgan fingerprint density at radius 2 is 2.33 bits per heavy atom. The zero-order valence-electron chi connectivity index (χ0n) is 8.47. The maximum atomic E-state index is 13.4. The van der Waals surface area contributed by atoms with Crippen molar-refractivity contribution in [3.05, 3.63) is 29.0 Å². The normalized spacial score (nSPS) is 25.5. The van der Waals surface area contributed by atoms with Crippen LogP contribution >= 0.6 is 23.4 Å². The van der Waals surface area contributed by atoms with E-state index in [1.165, 1.54) is 6.07 Å². The third-order valence-electron chi connectivity index (χ3n) is 2.49. The van der Waals surface area contributed by atoms with Crippen molar-refractivity contribution in [1.82, 2.24) is 0 Å². The summed E-state index contributed by atoms with van der Waals surface area (Å²) in [5, 5.41) is 4.42. The van der Waals surface area contributed by atoms with Crippen LogP contribution in [0.3, 0.4) is 0 Å². The Bertz CT molecular complexity index is 358. The van der Waals surface area contributed by atoms with Crippen LogP contribution in [0.15, 0.2) is 18.2 Å². The Labute approximate surface area is 98.4 Å². The second kappa shape index (κ2) is 4.62. The van der Waals surface area contributed by atoms with E-state index in [9.17, 15) is 4.39 Å². The SMILES string of the molecule is CC1CC(Nc2cc(Cl)ccc2F)CS1. The van der Waals surface area contributed by atoms with Crippen LogP contribution in [-0.2, 0) is 0 Å². The maximum Gasteiger partial charge on any atom is 0.146 e. The summed E-state index contributed by atoms with van der Waals surface area (Å²) in [6.07, 6.45) is 1.08. The molecule has 1 fully saturated rings. The van der Waals surface area contributed by atoms with Crippen molar-refractivity contribution in [1.29, 1.82) is 0 Å². The Morgan fingerprint density at radius 3 is 3.00 bits per heavy atom. The molecule has 4 heteroatoms. The summed E-state index contributed by atoms with van der Waals surface area (Å²) in [6.45, 7) is 2.20. The highest BCUT2D eigenvalue weighted by molar-refractivity contribution is 8.00. The monoisotopic (exact) mass is 245 g/mol. The molecular formula is C11H13ClFNS. The first-order valence-electron chi connectivity index (χ1n) is 4.98. The van der Waals surface area contributed by atoms with E-state index in [0.717, 1.165) is 12.2 Å². The molecule has 0 spiro atoms. The van der Waals surface area contributed by atoms with Crippen molar-refractivity contribution in [2.24, 2.45) is 0 Å². The molecule has 2 atom stereocenters. The third kappa shape index (κ3) is 2.79. The van der Waals surface area contributed by atoms with Gasteiger partial charge in [-0.15, -0.1) is 0 Å². The summed E-state index contributed by atoms with van der Waals surface area (Å²) >= 11 is 7.74. The summed E-state index contributed by atoms with van der Waals surface area (Å²) < 4.78 is 13.4. The van der Waals surface area contributed by atoms with Gasteiger partial charge in [-0.05, 0) is 24.6 Å². The molecule has 2 rings (SSSR count). The fraction of sp³-hybridized carbons (Fsp3) is 0.455. The molecule has 1 saturated heterocycles. The summed E-state index contributed by atoms with van der Waals surface area (Å²) in [6, 6.07) is 4.97. The standard InChI is InChI=1S/C11H13ClFNS/c1-7-4-9(6-15-7)14-11-5-8(12)2-3-10(11)13/h2-3,5,7,9,14H,4,6H2,1H3. The lowest BCUT2D eigenvalue weighted by Gasteiger charge is -2.14. The molecule has 0 aromatic heterocycles. The molecule has 0 amide bonds. The zero-order chi connectivity index (χ0) is 10.8. The van der Waals surface area contributed by atoms with Gasteiger partial charge in [0.1, 0.15) is 5.82 Å². The zero-order valence-corrected chi connectivity index (χ0v) is 10.0. The van der Waals surface area contributed by atoms with E-state index in [2.05, 4.69) is 12.2 Å². The molecular weight excluding hydrogens is 233 g/mol. The molecule has 1 aromatic carbocycles. The fourth-order valence-corrected chi connectivity index (χ4v) is 3.07. The van der Waals surface area contributed by atoms with E-state index in [1.807, 2.05) is 11.8 Å². The summed E-state index contributed by atoms with van der Waals surface area (Å²) in [5.41, 5.74) is 0.516. The molecule has 1 aromatic rings. The minimum absolute atomic E-state index is 0.232. The van der Waals surface area contributed by atoms with Crippen LogP contribution in [0.4, 0.5) is 10.1 Å². The van der Waals surface area contributed by atoms with Gasteiger partial charge in [-0.3, -0.25) is 0 Å². The Hall–Kier alpha value is -0.410. The van der Waals surface area contributed by atoms with Gasteiger partial charge in [-0.1, -0.05) is 18.5 Å². The van der Waals surface area contributed by atoms with Crippen LogP contribution in [0.5, 0.6) is 0 Å². The van der Waals surface area contributed by atoms with E-state index in [-0.39, 0.29) is 5.82 Å². The van der Waals surface area contributed by atoms with Gasteiger partial charge in [-0.25, -0.2) is 4.39 Å². The van der Waals surface area contributed by atoms with Crippen molar-refractivity contribution in [2.45, 2.75) is 24.6 Å². The van der Waals surface area contributed by atoms with Gasteiger partial charge in [0.05, 0.1) is 5.69 Å². The van der Waals surface area contributed by atoms with E-state index >= 15 is 0 Å². The minimum atomic E-state index is -0.232. The largest absolute Gasteiger partial charge is 0.379 e. The fourth-order valence-electron chi connectivity index (χ4n) is 1.75. The number of nitrogens with one attached hydrogen (secondary N) is 1. The van der Waals surface area contributed by atoms with Gasteiger partial charge in [0.25, 0.3) is 0 Å². The van der Waals surface area contributed by atoms with Crippen LogP contribution in [0.1, 0.15) is 13.3 Å². The number of anilines is 1. The highest BCUT2D eigenvalue weighted by Gasteiger charge is 2.22. The number of hydrogen-bond acceptors (Lipinski definition) is 2. The summed E-state index contributed by atoms with van der Waals surface area (Å²) in [7, 11) is 0. The van der Waals surface area contributed by atoms with Gasteiger partial charge in [0, 0.05) is 22.1 Å². The molecule has 0 aliphatic carbocycles. The number of benzene rings is 1. The number of thioether (sulfide) groups is 1. The van der Waals surface area contributed by atoms with Crippen LogP contribution in [0, 0.1) is 5.82 Å². The number of halogens is 2. The van der Waals surface area contributed by atoms with Crippen LogP contribution in [0.25, 0.3) is 0 Å². The predicted octanol–water partition coefficient (Wildman–Crippen LogP) is 3.79. The van der Waals surface area contributed by atoms with E-state index in [1.54, 1.807) is 12.1 Å². The van der Waals surface area contributed by atoms with Crippen molar-refractivity contribution < 1.29 is 4.39 Å². The average molecular weight is 246 g/mol. The first-order valence-corrected chi connectivity index (χ1v) is 6.41. The molecule has 82 valence electrons. The molecule has 1 aliphatic heterocycles. The van der Waals surface area contributed by atoms with Crippen molar-refractivity contribution in [3.63, 3.8) is 0 Å². The van der Waals surface area contributed by atoms with Crippen LogP contribution in [-0.4, -0.2) is 17.0 Å². The molecule has 1 aliphatic rings. The molecule has 2 unspecified atom stereocenters. The molecule has 0 saturated carbocycles. The minimum Gasteiger partial charge on any atom is -0.379 e. The van der Waals surface area contributed by atoms with Crippen molar-refractivity contribution in [2.75, 3.05) is 11.1 Å². The highest BCUT2D eigenvalue weighted by atomic mass is 35.5. The van der Waals surface area contributed by atoms with Crippen molar-refractivity contribution in [3.8, 4) is 0 Å². The smallest absolute Gasteiger partial charge is 0.146 e. The molecule has 1 heterocycles. The average Bonchev–Trinajstić information content (AvgIpc) is 2.58. The lowest BCUT2D eigenvalue weighted by atomic mass is 10.2. The molecule has 0 radical (unpaired) electrons. The van der Waals surface area contributed by atoms with Gasteiger partial charge < -0.3 is 5.32 Å². The van der Waals surface area contributed by atoms with Gasteiger partial charge >= 0.3 is 0 Å². The topological polar surface area (TPSA) is 12.0 Å². The Kier molecular flexibility index (Phi) is 3.42. The summed E-state index contributed by atoms with van der Waals surface area (Å²) in [4.78, 5) is 0. The van der Waals surface area contributed by atoms with Gasteiger partial charge in [-0.2, -0.15) is 11.8 Å². The van der Waals surface area contributed by atoms with Gasteiger partial charge in [0.2, 0.25) is 0 Å². The van der Waals surface area contributed by atoms with E-state index in [0.29, 0.717) is 22.0 Å². The third-order valence-corrected chi connectivity index (χ3v) is 4.08. The Morgan fingerprint density at radius 1 is 1.53 bits per heavy atom. The number of hydrogen-bond donors (Lipinski definition) is 1. The van der Waals surface area contributed by atoms with E-state index < -0.39 is 0 Å².